The number of carbonyl (C=O) groups is 4. The number of H-pyrrole nitrogens is 5. The van der Waals surface area contributed by atoms with E-state index in [0.717, 1.165) is 93.4 Å². The van der Waals surface area contributed by atoms with Gasteiger partial charge in [-0.25, -0.2) is 24.9 Å². The third kappa shape index (κ3) is 24.5. The summed E-state index contributed by atoms with van der Waals surface area (Å²) < 4.78 is 15.1. The number of carboxylic acids is 1. The number of hydrogen-bond acceptors (Lipinski definition) is 27. The molecule has 16 rings (SSSR count). The number of carboxylic acid groups (broad SMARTS) is 1. The van der Waals surface area contributed by atoms with E-state index >= 15 is 0 Å². The number of halogens is 1. The van der Waals surface area contributed by atoms with Crippen molar-refractivity contribution in [3.63, 3.8) is 0 Å². The summed E-state index contributed by atoms with van der Waals surface area (Å²) in [6, 6.07) is 0. The van der Waals surface area contributed by atoms with E-state index in [4.69, 9.17) is 30.9 Å². The molecule has 6 fully saturated rings. The van der Waals surface area contributed by atoms with Crippen molar-refractivity contribution in [3.8, 4) is 85.7 Å². The average Bonchev–Trinajstić information content (AvgIpc) is 1.69. The van der Waals surface area contributed by atoms with Gasteiger partial charge in [0.15, 0.2) is 0 Å². The van der Waals surface area contributed by atoms with E-state index in [1.54, 1.807) is 128 Å². The number of rotatable bonds is 22. The van der Waals surface area contributed by atoms with Crippen LogP contribution in [-0.2, 0) is 65.4 Å². The summed E-state index contributed by atoms with van der Waals surface area (Å²) in [6.45, 7) is 33.0. The zero-order valence-electron chi connectivity index (χ0n) is 69.9. The Morgan fingerprint density at radius 2 is 0.744 bits per heavy atom. The van der Waals surface area contributed by atoms with Crippen LogP contribution < -0.4 is 5.32 Å². The molecule has 6 saturated heterocycles. The maximum Gasteiger partial charge on any atom is 0.311 e. The number of nitrogens with one attached hydrogen (secondary N) is 6. The van der Waals surface area contributed by atoms with E-state index in [0.29, 0.717) is 164 Å². The highest BCUT2D eigenvalue weighted by Crippen LogP contribution is 2.39. The maximum atomic E-state index is 12.5. The number of aromatic amines is 5. The van der Waals surface area contributed by atoms with Crippen molar-refractivity contribution in [1.29, 1.82) is 0 Å². The smallest absolute Gasteiger partial charge is 0.311 e. The second kappa shape index (κ2) is 45.9. The number of esters is 1. The molecule has 121 heavy (non-hydrogen) atoms. The van der Waals surface area contributed by atoms with Gasteiger partial charge in [0.1, 0.15) is 57.9 Å². The SMILES string of the molecule is C.C1CCOCC1.CCN(CC)C(=O)C1CN(Cc2cnc(C)c(O)c2-c2ncc[nH]2)C1.CCNCC.COC(=O)C1CN(Cc2cnc(C)c(O)c2-c2ncc[nH]2)C1.Cc1ncc(CCl)c(-c2ncc[nH]2)c1O.Cc1ncc(CN2CC(C(=O)N3CCOCC3)C2)c(-c2ncc[nH]2)c1O.Cc1ncc(CN2CC(C(=O)O)C2)c(-c2ncc[nH]2)c1O. The molecule has 0 spiro atoms. The summed E-state index contributed by atoms with van der Waals surface area (Å²) >= 11 is 5.78. The molecule has 36 heteroatoms. The number of nitrogens with zero attached hydrogens (tertiary/aromatic N) is 16. The zero-order chi connectivity index (χ0) is 85.9. The minimum absolute atomic E-state index is 0. The molecule has 652 valence electrons. The van der Waals surface area contributed by atoms with Gasteiger partial charge in [0.05, 0.1) is 100 Å². The monoisotopic (exact) mass is 1690 g/mol. The number of aryl methyl sites for hydroxylation is 5. The molecule has 0 aliphatic carbocycles. The normalized spacial score (nSPS) is 15.6. The fourth-order valence-corrected chi connectivity index (χ4v) is 14.6. The fourth-order valence-electron chi connectivity index (χ4n) is 14.4. The van der Waals surface area contributed by atoms with Gasteiger partial charge in [-0.2, -0.15) is 0 Å². The Hall–Kier alpha value is -11.3. The Bertz CT molecular complexity index is 4850. The van der Waals surface area contributed by atoms with E-state index in [-0.39, 0.29) is 83.5 Å². The highest BCUT2D eigenvalue weighted by molar-refractivity contribution is 6.17. The first kappa shape index (κ1) is 93.6. The summed E-state index contributed by atoms with van der Waals surface area (Å²) in [4.78, 5) is 117. The third-order valence-corrected chi connectivity index (χ3v) is 21.6. The first-order chi connectivity index (χ1) is 58.0. The van der Waals surface area contributed by atoms with Crippen LogP contribution in [0, 0.1) is 58.3 Å². The molecule has 10 aromatic rings. The summed E-state index contributed by atoms with van der Waals surface area (Å²) in [5, 5.41) is 63.4. The molecular weight excluding hydrogens is 1570 g/mol. The van der Waals surface area contributed by atoms with Crippen LogP contribution in [0.3, 0.4) is 0 Å². The molecule has 0 aromatic carbocycles. The lowest BCUT2D eigenvalue weighted by Crippen LogP contribution is -2.55. The summed E-state index contributed by atoms with van der Waals surface area (Å²) in [5.41, 5.74) is 10.4. The van der Waals surface area contributed by atoms with Crippen LogP contribution in [0.2, 0.25) is 0 Å². The summed E-state index contributed by atoms with van der Waals surface area (Å²) in [5.74, 6) is 3.31. The molecule has 0 unspecified atom stereocenters. The minimum atomic E-state index is -0.762. The Balaban J connectivity index is 0.000000167. The Morgan fingerprint density at radius 1 is 0.446 bits per heavy atom. The maximum absolute atomic E-state index is 12.5. The van der Waals surface area contributed by atoms with E-state index in [9.17, 15) is 44.7 Å². The molecule has 35 nitrogen and oxygen atoms in total. The lowest BCUT2D eigenvalue weighted by molar-refractivity contribution is -0.151. The van der Waals surface area contributed by atoms with Gasteiger partial charge in [-0.1, -0.05) is 21.3 Å². The number of pyridine rings is 5. The number of aliphatic carboxylic acids is 1. The molecule has 12 N–H and O–H groups in total. The summed E-state index contributed by atoms with van der Waals surface area (Å²) in [7, 11) is 1.40. The topological polar surface area (TPSA) is 457 Å². The van der Waals surface area contributed by atoms with Crippen molar-refractivity contribution in [2.24, 2.45) is 23.7 Å². The number of hydrogen-bond donors (Lipinski definition) is 12. The number of imidazole rings is 5. The van der Waals surface area contributed by atoms with Gasteiger partial charge < -0.3 is 84.9 Å². The van der Waals surface area contributed by atoms with Gasteiger partial charge in [0, 0.05) is 217 Å². The number of aromatic hydroxyl groups is 5. The highest BCUT2D eigenvalue weighted by Gasteiger charge is 2.39. The van der Waals surface area contributed by atoms with Gasteiger partial charge in [-0.3, -0.25) is 63.7 Å². The van der Waals surface area contributed by atoms with Crippen LogP contribution in [-0.4, -0.2) is 284 Å². The van der Waals surface area contributed by atoms with Crippen LogP contribution in [0.15, 0.2) is 93.0 Å². The first-order valence-electron chi connectivity index (χ1n) is 40.5. The Morgan fingerprint density at radius 3 is 1.00 bits per heavy atom. The number of aromatic nitrogens is 15. The van der Waals surface area contributed by atoms with Gasteiger partial charge in [-0.15, -0.1) is 11.6 Å². The van der Waals surface area contributed by atoms with E-state index < -0.39 is 5.97 Å². The van der Waals surface area contributed by atoms with Crippen molar-refractivity contribution in [3.05, 3.63) is 149 Å². The highest BCUT2D eigenvalue weighted by atomic mass is 35.5. The number of amides is 2. The minimum Gasteiger partial charge on any atom is -0.505 e. The second-order valence-electron chi connectivity index (χ2n) is 29.8. The number of alkyl halides is 1. The van der Waals surface area contributed by atoms with E-state index in [1.807, 2.05) is 28.5 Å². The molecule has 2 amide bonds. The zero-order valence-corrected chi connectivity index (χ0v) is 70.7. The predicted molar refractivity (Wildman–Crippen MR) is 456 cm³/mol. The van der Waals surface area contributed by atoms with Gasteiger partial charge in [0.2, 0.25) is 11.8 Å². The first-order valence-corrected chi connectivity index (χ1v) is 41.1. The summed E-state index contributed by atoms with van der Waals surface area (Å²) in [6.07, 6.45) is 29.4. The van der Waals surface area contributed by atoms with Crippen LogP contribution in [0.1, 0.15) is 111 Å². The van der Waals surface area contributed by atoms with Gasteiger partial charge in [0.25, 0.3) is 0 Å². The molecule has 0 radical (unpaired) electrons. The van der Waals surface area contributed by atoms with E-state index in [2.05, 4.69) is 109 Å². The van der Waals surface area contributed by atoms with Crippen LogP contribution in [0.5, 0.6) is 28.7 Å². The van der Waals surface area contributed by atoms with Crippen LogP contribution >= 0.6 is 11.6 Å². The van der Waals surface area contributed by atoms with Gasteiger partial charge in [-0.05, 0) is 109 Å². The lowest BCUT2D eigenvalue weighted by Gasteiger charge is -2.41. The number of carbonyl (C=O) groups excluding carboxylic acids is 3. The van der Waals surface area contributed by atoms with E-state index in [1.165, 1.54) is 26.4 Å². The number of ether oxygens (including phenoxy) is 3. The van der Waals surface area contributed by atoms with Crippen molar-refractivity contribution in [1.82, 2.24) is 109 Å². The average molecular weight is 1690 g/mol. The third-order valence-electron chi connectivity index (χ3n) is 21.4. The molecule has 0 atom stereocenters. The van der Waals surface area contributed by atoms with Crippen molar-refractivity contribution in [2.75, 3.05) is 125 Å². The predicted octanol–water partition coefficient (Wildman–Crippen LogP) is 9.32. The molecule has 10 aromatic heterocycles. The van der Waals surface area contributed by atoms with Crippen molar-refractivity contribution < 1.29 is 64.0 Å². The quantitative estimate of drug-likeness (QED) is 0.0222. The number of likely N-dealkylation sites (tertiary alicyclic amines) is 4. The fraction of sp³-hybridized carbons (Fsp3) is 0.482. The lowest BCUT2D eigenvalue weighted by atomic mass is 9.96. The van der Waals surface area contributed by atoms with Gasteiger partial charge >= 0.3 is 11.9 Å². The Labute approximate surface area is 710 Å². The molecule has 16 heterocycles. The van der Waals surface area contributed by atoms with Crippen LogP contribution in [0.25, 0.3) is 56.9 Å². The molecule has 0 bridgehead atoms. The number of morpholine rings is 1. The largest absolute Gasteiger partial charge is 0.505 e. The molecular formula is C85H117ClN22O13. The van der Waals surface area contributed by atoms with Crippen molar-refractivity contribution >= 4 is 35.4 Å². The van der Waals surface area contributed by atoms with Crippen LogP contribution in [0.4, 0.5) is 0 Å². The molecule has 6 aliphatic rings. The Kier molecular flexibility index (Phi) is 35.5. The number of methoxy groups -OCH3 is 1. The standard InChI is InChI=1S/C18H23N5O3.C18H25N5O2.C15H18N4O3.C14H16N4O3.C10H10ClN3O.C5H10O.C4H11N.CH4/c1-12-16(24)15(17-19-2-3-20-17)13(8-21-12)9-22-10-14(11-22)18(25)23-4-6-26-7-5-23;1-4-23(5-2)18(25)14-10-22(11-14)9-13-8-21-12(3)16(24)15(13)17-19-6-7-20-17;1-9-13(20)12(14-16-3-4-17-14)10(5-18-9)6-19-7-11(8-19)15(21)22-2;1-8-12(19)11(13-15-2-3-16-13)9(4-17-8)5-18-6-10(7-18)14(20)21;1-6-9(15)8(7(4-11)5-14-6)10-12-2-3-13-10;1-2-4-6-5-3-1;1-3-5-4-2;/h2-3,8,14,24H,4-7,9-11H2,1H3,(H,19,20);6-8,14,24H,4-5,9-11H2,1-3H3,(H,19,20);3-5,11,20H,6-8H2,1-2H3,(H,16,17);2-4,10,19H,5-7H2,1H3,(H,15,16)(H,20,21);2-3,5,15H,4H2,1H3,(H,12,13);1-5H2;5H,3-4H2,1-2H3;1H4. The molecule has 6 aliphatic heterocycles. The molecule has 0 saturated carbocycles. The van der Waals surface area contributed by atoms with Crippen molar-refractivity contribution in [2.45, 2.75) is 121 Å². The second-order valence-corrected chi connectivity index (χ2v) is 30.1.